The molecule has 1 aliphatic heterocycles. The van der Waals surface area contributed by atoms with Gasteiger partial charge in [-0.15, -0.1) is 0 Å². The molecule has 0 saturated carbocycles. The normalized spacial score (nSPS) is 14.0. The molecule has 2 aromatic carbocycles. The maximum atomic E-state index is 12.8. The summed E-state index contributed by atoms with van der Waals surface area (Å²) in [5.74, 6) is 0.556. The van der Waals surface area contributed by atoms with Gasteiger partial charge in [-0.2, -0.15) is 0 Å². The van der Waals surface area contributed by atoms with Crippen molar-refractivity contribution in [3.63, 3.8) is 0 Å². The highest BCUT2D eigenvalue weighted by molar-refractivity contribution is 9.10. The summed E-state index contributed by atoms with van der Waals surface area (Å²) in [6.45, 7) is 2.53. The molecular formula is C21H19BrN2O4. The lowest BCUT2D eigenvalue weighted by molar-refractivity contribution is -0.117. The molecule has 0 aliphatic carbocycles. The van der Waals surface area contributed by atoms with Gasteiger partial charge in [0.05, 0.1) is 12.8 Å². The number of nitrogens with zero attached hydrogens (tertiary/aromatic N) is 1. The van der Waals surface area contributed by atoms with Gasteiger partial charge in [0.2, 0.25) is 5.91 Å². The molecule has 1 fully saturated rings. The lowest BCUT2D eigenvalue weighted by atomic mass is 10.1. The minimum atomic E-state index is -0.336. The average molecular weight is 443 g/mol. The molecule has 1 N–H and O–H groups in total. The lowest BCUT2D eigenvalue weighted by Gasteiger charge is -2.19. The van der Waals surface area contributed by atoms with Crippen molar-refractivity contribution in [2.45, 2.75) is 19.8 Å². The predicted octanol–water partition coefficient (Wildman–Crippen LogP) is 4.89. The zero-order valence-corrected chi connectivity index (χ0v) is 17.1. The summed E-state index contributed by atoms with van der Waals surface area (Å²) in [5, 5.41) is 3.74. The van der Waals surface area contributed by atoms with E-state index >= 15 is 0 Å². The monoisotopic (exact) mass is 442 g/mol. The Kier molecular flexibility index (Phi) is 4.85. The van der Waals surface area contributed by atoms with E-state index in [2.05, 4.69) is 21.2 Å². The van der Waals surface area contributed by atoms with Crippen LogP contribution in [-0.4, -0.2) is 25.5 Å². The van der Waals surface area contributed by atoms with Gasteiger partial charge in [-0.05, 0) is 43.7 Å². The number of nitrogens with one attached hydrogen (secondary N) is 1. The number of hydrogen-bond acceptors (Lipinski definition) is 4. The zero-order chi connectivity index (χ0) is 19.8. The Labute approximate surface area is 170 Å². The fourth-order valence-electron chi connectivity index (χ4n) is 3.48. The number of amides is 2. The fraction of sp³-hybridized carbons (Fsp3) is 0.238. The van der Waals surface area contributed by atoms with Crippen LogP contribution in [0.2, 0.25) is 0 Å². The van der Waals surface area contributed by atoms with Gasteiger partial charge in [0.15, 0.2) is 5.76 Å². The highest BCUT2D eigenvalue weighted by atomic mass is 79.9. The van der Waals surface area contributed by atoms with Crippen LogP contribution in [0.5, 0.6) is 5.75 Å². The molecule has 7 heteroatoms. The van der Waals surface area contributed by atoms with E-state index in [4.69, 9.17) is 9.15 Å². The number of aryl methyl sites for hydroxylation is 1. The van der Waals surface area contributed by atoms with Crippen LogP contribution in [0.15, 0.2) is 45.3 Å². The van der Waals surface area contributed by atoms with Crippen molar-refractivity contribution in [1.29, 1.82) is 0 Å². The van der Waals surface area contributed by atoms with E-state index in [1.807, 2.05) is 25.1 Å². The number of methoxy groups -OCH3 is 1. The van der Waals surface area contributed by atoms with Crippen LogP contribution in [0, 0.1) is 6.92 Å². The highest BCUT2D eigenvalue weighted by Gasteiger charge is 2.25. The Morgan fingerprint density at radius 1 is 1.25 bits per heavy atom. The summed E-state index contributed by atoms with van der Waals surface area (Å²) in [7, 11) is 1.55. The minimum absolute atomic E-state index is 0.0825. The molecule has 1 saturated heterocycles. The molecule has 2 heterocycles. The summed E-state index contributed by atoms with van der Waals surface area (Å²) in [6.07, 6.45) is 1.38. The number of halogens is 1. The standard InChI is InChI=1S/C21H19BrN2O4/c1-12-15-10-13(22)5-8-17(15)28-20(12)21(26)23-14-6-7-16(18(11-14)27-2)24-9-3-4-19(24)25/h5-8,10-11H,3-4,9H2,1-2H3,(H,23,26). The van der Waals surface area contributed by atoms with Crippen molar-refractivity contribution in [2.75, 3.05) is 23.9 Å². The first kappa shape index (κ1) is 18.6. The van der Waals surface area contributed by atoms with E-state index in [1.165, 1.54) is 0 Å². The number of rotatable bonds is 4. The van der Waals surface area contributed by atoms with Gasteiger partial charge in [0.1, 0.15) is 11.3 Å². The van der Waals surface area contributed by atoms with Crippen molar-refractivity contribution < 1.29 is 18.7 Å². The number of hydrogen-bond donors (Lipinski definition) is 1. The molecule has 4 rings (SSSR count). The number of benzene rings is 2. The molecule has 0 unspecified atom stereocenters. The highest BCUT2D eigenvalue weighted by Crippen LogP contribution is 2.34. The van der Waals surface area contributed by atoms with Crippen LogP contribution >= 0.6 is 15.9 Å². The summed E-state index contributed by atoms with van der Waals surface area (Å²) in [4.78, 5) is 26.5. The van der Waals surface area contributed by atoms with Crippen LogP contribution < -0.4 is 15.0 Å². The van der Waals surface area contributed by atoms with Crippen molar-refractivity contribution in [3.8, 4) is 5.75 Å². The molecule has 144 valence electrons. The van der Waals surface area contributed by atoms with Gasteiger partial charge in [-0.3, -0.25) is 9.59 Å². The summed E-state index contributed by atoms with van der Waals surface area (Å²) < 4.78 is 12.1. The minimum Gasteiger partial charge on any atom is -0.494 e. The SMILES string of the molecule is COc1cc(NC(=O)c2oc3ccc(Br)cc3c2C)ccc1N1CCCC1=O. The third-order valence-electron chi connectivity index (χ3n) is 4.91. The van der Waals surface area contributed by atoms with Gasteiger partial charge in [0.25, 0.3) is 5.91 Å². The topological polar surface area (TPSA) is 71.8 Å². The van der Waals surface area contributed by atoms with E-state index in [1.54, 1.807) is 30.2 Å². The van der Waals surface area contributed by atoms with Gasteiger partial charge >= 0.3 is 0 Å². The van der Waals surface area contributed by atoms with Gasteiger partial charge in [0, 0.05) is 40.1 Å². The Bertz CT molecular complexity index is 1090. The number of carbonyl (C=O) groups excluding carboxylic acids is 2. The fourth-order valence-corrected chi connectivity index (χ4v) is 3.84. The molecule has 0 bridgehead atoms. The summed E-state index contributed by atoms with van der Waals surface area (Å²) in [6, 6.07) is 10.9. The first-order valence-electron chi connectivity index (χ1n) is 8.96. The maximum absolute atomic E-state index is 12.8. The van der Waals surface area contributed by atoms with E-state index in [0.29, 0.717) is 35.7 Å². The van der Waals surface area contributed by atoms with Crippen LogP contribution in [0.1, 0.15) is 29.0 Å². The Balaban J connectivity index is 1.61. The Morgan fingerprint density at radius 2 is 2.07 bits per heavy atom. The third-order valence-corrected chi connectivity index (χ3v) is 5.40. The number of fused-ring (bicyclic) bond motifs is 1. The molecule has 0 spiro atoms. The van der Waals surface area contributed by atoms with Gasteiger partial charge < -0.3 is 19.4 Å². The zero-order valence-electron chi connectivity index (χ0n) is 15.5. The molecule has 2 amide bonds. The quantitative estimate of drug-likeness (QED) is 0.623. The van der Waals surface area contributed by atoms with E-state index in [9.17, 15) is 9.59 Å². The second-order valence-corrected chi connectivity index (χ2v) is 7.60. The van der Waals surface area contributed by atoms with Crippen LogP contribution in [0.25, 0.3) is 11.0 Å². The largest absolute Gasteiger partial charge is 0.494 e. The van der Waals surface area contributed by atoms with Crippen molar-refractivity contribution >= 4 is 50.1 Å². The third kappa shape index (κ3) is 3.26. The summed E-state index contributed by atoms with van der Waals surface area (Å²) >= 11 is 3.44. The van der Waals surface area contributed by atoms with Crippen LogP contribution in [-0.2, 0) is 4.79 Å². The molecular weight excluding hydrogens is 424 g/mol. The smallest absolute Gasteiger partial charge is 0.291 e. The Morgan fingerprint density at radius 3 is 2.79 bits per heavy atom. The van der Waals surface area contributed by atoms with Gasteiger partial charge in [-0.25, -0.2) is 0 Å². The number of furan rings is 1. The summed E-state index contributed by atoms with van der Waals surface area (Å²) in [5.41, 5.74) is 2.72. The van der Waals surface area contributed by atoms with Crippen molar-refractivity contribution in [3.05, 3.63) is 52.2 Å². The van der Waals surface area contributed by atoms with Crippen molar-refractivity contribution in [2.24, 2.45) is 0 Å². The second kappa shape index (κ2) is 7.31. The average Bonchev–Trinajstić information content (AvgIpc) is 3.25. The van der Waals surface area contributed by atoms with E-state index in [0.717, 1.165) is 21.8 Å². The molecule has 1 aromatic heterocycles. The Hall–Kier alpha value is -2.80. The van der Waals surface area contributed by atoms with Crippen LogP contribution in [0.4, 0.5) is 11.4 Å². The lowest BCUT2D eigenvalue weighted by Crippen LogP contribution is -2.24. The molecule has 28 heavy (non-hydrogen) atoms. The number of anilines is 2. The molecule has 0 radical (unpaired) electrons. The first-order valence-corrected chi connectivity index (χ1v) is 9.75. The molecule has 6 nitrogen and oxygen atoms in total. The molecule has 0 atom stereocenters. The molecule has 3 aromatic rings. The predicted molar refractivity (Wildman–Crippen MR) is 111 cm³/mol. The number of ether oxygens (including phenoxy) is 1. The molecule has 1 aliphatic rings. The van der Waals surface area contributed by atoms with E-state index < -0.39 is 0 Å². The first-order chi connectivity index (χ1) is 13.5. The van der Waals surface area contributed by atoms with Gasteiger partial charge in [-0.1, -0.05) is 15.9 Å². The number of carbonyl (C=O) groups is 2. The maximum Gasteiger partial charge on any atom is 0.291 e. The van der Waals surface area contributed by atoms with E-state index in [-0.39, 0.29) is 17.6 Å². The van der Waals surface area contributed by atoms with Crippen molar-refractivity contribution in [1.82, 2.24) is 0 Å². The second-order valence-electron chi connectivity index (χ2n) is 6.69. The van der Waals surface area contributed by atoms with Crippen LogP contribution in [0.3, 0.4) is 0 Å².